The fourth-order valence-corrected chi connectivity index (χ4v) is 2.52. The predicted molar refractivity (Wildman–Crippen MR) is 85.5 cm³/mol. The summed E-state index contributed by atoms with van der Waals surface area (Å²) in [6.07, 6.45) is 1.06. The van der Waals surface area contributed by atoms with Gasteiger partial charge in [-0.15, -0.1) is 12.4 Å². The van der Waals surface area contributed by atoms with Gasteiger partial charge in [0.2, 0.25) is 0 Å². The molecule has 2 N–H and O–H groups in total. The van der Waals surface area contributed by atoms with Crippen molar-refractivity contribution in [3.63, 3.8) is 0 Å². The minimum Gasteiger partial charge on any atom is -0.465 e. The number of rotatable bonds is 2. The lowest BCUT2D eigenvalue weighted by Gasteiger charge is -2.17. The molecule has 0 amide bonds. The first-order chi connectivity index (χ1) is 9.78. The highest BCUT2D eigenvalue weighted by atomic mass is 35.5. The second-order valence-corrected chi connectivity index (χ2v) is 4.87. The van der Waals surface area contributed by atoms with E-state index in [0.717, 1.165) is 37.6 Å². The molecule has 0 aromatic heterocycles. The van der Waals surface area contributed by atoms with Crippen molar-refractivity contribution in [1.82, 2.24) is 5.32 Å². The van der Waals surface area contributed by atoms with Crippen LogP contribution in [-0.4, -0.2) is 38.5 Å². The van der Waals surface area contributed by atoms with Crippen molar-refractivity contribution in [2.75, 3.05) is 32.1 Å². The van der Waals surface area contributed by atoms with E-state index in [1.807, 2.05) is 12.1 Å². The molecule has 0 saturated heterocycles. The second-order valence-electron chi connectivity index (χ2n) is 4.87. The van der Waals surface area contributed by atoms with Gasteiger partial charge in [-0.1, -0.05) is 6.07 Å². The number of hydrogen-bond donors (Lipinski definition) is 2. The quantitative estimate of drug-likeness (QED) is 0.821. The zero-order valence-corrected chi connectivity index (χ0v) is 12.6. The van der Waals surface area contributed by atoms with Crippen LogP contribution in [0.3, 0.4) is 0 Å². The van der Waals surface area contributed by atoms with Gasteiger partial charge in [-0.05, 0) is 36.7 Å². The molecule has 0 bridgehead atoms. The van der Waals surface area contributed by atoms with Crippen molar-refractivity contribution in [1.29, 1.82) is 0 Å². The van der Waals surface area contributed by atoms with E-state index < -0.39 is 0 Å². The van der Waals surface area contributed by atoms with Gasteiger partial charge in [0.1, 0.15) is 5.84 Å². The van der Waals surface area contributed by atoms with E-state index in [1.54, 1.807) is 12.1 Å². The van der Waals surface area contributed by atoms with E-state index in [1.165, 1.54) is 18.3 Å². The van der Waals surface area contributed by atoms with Gasteiger partial charge >= 0.3 is 5.97 Å². The lowest BCUT2D eigenvalue weighted by Crippen LogP contribution is -2.29. The SMILES string of the molecule is COC(=O)c1cccc(NC2=NCC3=C2CNCC3)c1.Cl. The Morgan fingerprint density at radius 1 is 1.43 bits per heavy atom. The van der Waals surface area contributed by atoms with Crippen molar-refractivity contribution < 1.29 is 9.53 Å². The summed E-state index contributed by atoms with van der Waals surface area (Å²) in [6, 6.07) is 7.27. The Bertz CT molecular complexity index is 611. The van der Waals surface area contributed by atoms with Crippen LogP contribution in [0.25, 0.3) is 0 Å². The zero-order chi connectivity index (χ0) is 13.9. The Labute approximate surface area is 129 Å². The van der Waals surface area contributed by atoms with Crippen LogP contribution < -0.4 is 10.6 Å². The van der Waals surface area contributed by atoms with Gasteiger partial charge < -0.3 is 15.4 Å². The molecule has 0 unspecified atom stereocenters. The number of aliphatic imine (C=N–C) groups is 1. The number of ether oxygens (including phenoxy) is 1. The maximum atomic E-state index is 11.5. The average molecular weight is 308 g/mol. The Kier molecular flexibility index (Phi) is 4.98. The van der Waals surface area contributed by atoms with Crippen molar-refractivity contribution >= 4 is 29.9 Å². The first kappa shape index (κ1) is 15.5. The Morgan fingerprint density at radius 2 is 2.29 bits per heavy atom. The van der Waals surface area contributed by atoms with Gasteiger partial charge in [-0.2, -0.15) is 0 Å². The van der Waals surface area contributed by atoms with E-state index in [-0.39, 0.29) is 18.4 Å². The molecule has 0 saturated carbocycles. The number of anilines is 1. The topological polar surface area (TPSA) is 62.7 Å². The largest absolute Gasteiger partial charge is 0.465 e. The summed E-state index contributed by atoms with van der Waals surface area (Å²) in [5, 5.41) is 6.66. The van der Waals surface area contributed by atoms with Gasteiger partial charge in [0, 0.05) is 17.8 Å². The average Bonchev–Trinajstić information content (AvgIpc) is 2.90. The standard InChI is InChI=1S/C15H17N3O2.ClH/c1-20-15(19)10-3-2-4-12(7-10)18-14-13-9-16-6-5-11(13)8-17-14;/h2-4,7,16H,5-6,8-9H2,1H3,(H,17,18);1H. The highest BCUT2D eigenvalue weighted by molar-refractivity contribution is 6.10. The number of carbonyl (C=O) groups excluding carboxylic acids is 1. The summed E-state index contributed by atoms with van der Waals surface area (Å²) >= 11 is 0. The summed E-state index contributed by atoms with van der Waals surface area (Å²) in [4.78, 5) is 16.1. The molecule has 1 aromatic rings. The van der Waals surface area contributed by atoms with E-state index in [4.69, 9.17) is 4.74 Å². The van der Waals surface area contributed by atoms with Gasteiger partial charge in [0.25, 0.3) is 0 Å². The first-order valence-electron chi connectivity index (χ1n) is 6.70. The third-order valence-corrected chi connectivity index (χ3v) is 3.59. The molecule has 0 fully saturated rings. The summed E-state index contributed by atoms with van der Waals surface area (Å²) in [7, 11) is 1.38. The number of amidine groups is 1. The maximum absolute atomic E-state index is 11.5. The van der Waals surface area contributed by atoms with Crippen molar-refractivity contribution in [3.8, 4) is 0 Å². The van der Waals surface area contributed by atoms with Crippen LogP contribution in [0.4, 0.5) is 5.69 Å². The molecule has 2 heterocycles. The number of nitrogens with one attached hydrogen (secondary N) is 2. The highest BCUT2D eigenvalue weighted by Gasteiger charge is 2.22. The van der Waals surface area contributed by atoms with Crippen LogP contribution in [0.5, 0.6) is 0 Å². The van der Waals surface area contributed by atoms with Crippen LogP contribution in [0, 0.1) is 0 Å². The smallest absolute Gasteiger partial charge is 0.337 e. The van der Waals surface area contributed by atoms with Crippen molar-refractivity contribution in [2.24, 2.45) is 4.99 Å². The monoisotopic (exact) mass is 307 g/mol. The summed E-state index contributed by atoms with van der Waals surface area (Å²) in [5.74, 6) is 0.579. The minimum atomic E-state index is -0.332. The molecular weight excluding hydrogens is 290 g/mol. The van der Waals surface area contributed by atoms with Crippen molar-refractivity contribution in [3.05, 3.63) is 41.0 Å². The van der Waals surface area contributed by atoms with Gasteiger partial charge in [0.05, 0.1) is 19.2 Å². The van der Waals surface area contributed by atoms with E-state index >= 15 is 0 Å². The molecular formula is C15H18ClN3O2. The number of halogens is 1. The molecule has 6 heteroatoms. The second kappa shape index (κ2) is 6.74. The number of hydrogen-bond acceptors (Lipinski definition) is 5. The van der Waals surface area contributed by atoms with Crippen molar-refractivity contribution in [2.45, 2.75) is 6.42 Å². The molecule has 0 aliphatic carbocycles. The molecule has 2 aliphatic rings. The zero-order valence-electron chi connectivity index (χ0n) is 11.8. The molecule has 21 heavy (non-hydrogen) atoms. The third kappa shape index (κ3) is 3.25. The molecule has 2 aliphatic heterocycles. The lowest BCUT2D eigenvalue weighted by molar-refractivity contribution is 0.0601. The predicted octanol–water partition coefficient (Wildman–Crippen LogP) is 2.01. The molecule has 3 rings (SSSR count). The normalized spacial score (nSPS) is 16.7. The fraction of sp³-hybridized carbons (Fsp3) is 0.333. The van der Waals surface area contributed by atoms with E-state index in [9.17, 15) is 4.79 Å². The number of benzene rings is 1. The highest BCUT2D eigenvalue weighted by Crippen LogP contribution is 2.22. The minimum absolute atomic E-state index is 0. The van der Waals surface area contributed by atoms with Gasteiger partial charge in [-0.25, -0.2) is 4.79 Å². The molecule has 0 atom stereocenters. The fourth-order valence-electron chi connectivity index (χ4n) is 2.52. The molecule has 0 spiro atoms. The summed E-state index contributed by atoms with van der Waals surface area (Å²) < 4.78 is 4.73. The van der Waals surface area contributed by atoms with Crippen LogP contribution >= 0.6 is 12.4 Å². The van der Waals surface area contributed by atoms with Crippen LogP contribution in [-0.2, 0) is 4.74 Å². The molecule has 1 aromatic carbocycles. The number of nitrogens with zero attached hydrogens (tertiary/aromatic N) is 1. The van der Waals surface area contributed by atoms with Crippen LogP contribution in [0.1, 0.15) is 16.8 Å². The van der Waals surface area contributed by atoms with Gasteiger partial charge in [0.15, 0.2) is 0 Å². The number of carbonyl (C=O) groups is 1. The van der Waals surface area contributed by atoms with E-state index in [0.29, 0.717) is 5.56 Å². The van der Waals surface area contributed by atoms with Crippen LogP contribution in [0.2, 0.25) is 0 Å². The Balaban J connectivity index is 0.00000161. The maximum Gasteiger partial charge on any atom is 0.337 e. The summed E-state index contributed by atoms with van der Waals surface area (Å²) in [5.41, 5.74) is 4.06. The van der Waals surface area contributed by atoms with E-state index in [2.05, 4.69) is 15.6 Å². The lowest BCUT2D eigenvalue weighted by atomic mass is 10.0. The Morgan fingerprint density at radius 3 is 3.10 bits per heavy atom. The number of methoxy groups -OCH3 is 1. The first-order valence-corrected chi connectivity index (χ1v) is 6.70. The Hall–Kier alpha value is -1.85. The van der Waals surface area contributed by atoms with Gasteiger partial charge in [-0.3, -0.25) is 4.99 Å². The van der Waals surface area contributed by atoms with Crippen LogP contribution in [0.15, 0.2) is 40.4 Å². The molecule has 112 valence electrons. The number of esters is 1. The molecule has 5 nitrogen and oxygen atoms in total. The third-order valence-electron chi connectivity index (χ3n) is 3.59. The molecule has 0 radical (unpaired) electrons. The summed E-state index contributed by atoms with van der Waals surface area (Å²) in [6.45, 7) is 2.67.